The van der Waals surface area contributed by atoms with E-state index in [1.54, 1.807) is 26.0 Å². The molecule has 2 aromatic rings. The van der Waals surface area contributed by atoms with E-state index >= 15 is 0 Å². The van der Waals surface area contributed by atoms with Gasteiger partial charge in [0.2, 0.25) is 5.91 Å². The van der Waals surface area contributed by atoms with Gasteiger partial charge in [-0.1, -0.05) is 35.5 Å². The fourth-order valence-corrected chi connectivity index (χ4v) is 3.15. The van der Waals surface area contributed by atoms with Crippen LogP contribution in [0.25, 0.3) is 0 Å². The Morgan fingerprint density at radius 2 is 1.85 bits per heavy atom. The third-order valence-corrected chi connectivity index (χ3v) is 5.04. The van der Waals surface area contributed by atoms with Gasteiger partial charge in [-0.15, -0.1) is 0 Å². The highest BCUT2D eigenvalue weighted by molar-refractivity contribution is 8.00. The smallest absolute Gasteiger partial charge is 0.349 e. The number of hydrogen-bond acceptors (Lipinski definition) is 3. The first kappa shape index (κ1) is 20.5. The number of carbonyl (C=O) groups excluding carboxylic acids is 1. The molecule has 1 aromatic heterocycles. The average Bonchev–Trinajstić information content (AvgIpc) is 2.56. The maximum absolute atomic E-state index is 12.9. The van der Waals surface area contributed by atoms with Crippen molar-refractivity contribution < 1.29 is 22.4 Å². The molecule has 2 rings (SSSR count). The lowest BCUT2D eigenvalue weighted by Crippen LogP contribution is -2.33. The molecule has 26 heavy (non-hydrogen) atoms. The predicted octanol–water partition coefficient (Wildman–Crippen LogP) is 5.25. The lowest BCUT2D eigenvalue weighted by molar-refractivity contribution is -0.137. The van der Waals surface area contributed by atoms with E-state index in [-0.39, 0.29) is 27.8 Å². The number of benzene rings is 1. The zero-order chi connectivity index (χ0) is 19.5. The second kappa shape index (κ2) is 8.26. The minimum absolute atomic E-state index is 0.136. The highest BCUT2D eigenvalue weighted by Crippen LogP contribution is 2.35. The van der Waals surface area contributed by atoms with Gasteiger partial charge in [-0.2, -0.15) is 13.2 Å². The lowest BCUT2D eigenvalue weighted by atomic mass is 10.1. The van der Waals surface area contributed by atoms with Crippen LogP contribution in [0, 0.1) is 5.82 Å². The molecule has 0 unspecified atom stereocenters. The van der Waals surface area contributed by atoms with E-state index in [2.05, 4.69) is 10.3 Å². The molecule has 140 valence electrons. The Labute approximate surface area is 157 Å². The Balaban J connectivity index is 2.01. The van der Waals surface area contributed by atoms with Gasteiger partial charge in [0.15, 0.2) is 0 Å². The van der Waals surface area contributed by atoms with Crippen molar-refractivity contribution in [2.75, 3.05) is 0 Å². The summed E-state index contributed by atoms with van der Waals surface area (Å²) in [6.07, 6.45) is -3.85. The quantitative estimate of drug-likeness (QED) is 0.544. The zero-order valence-corrected chi connectivity index (χ0v) is 15.3. The van der Waals surface area contributed by atoms with Crippen LogP contribution in [0.4, 0.5) is 17.6 Å². The number of amides is 1. The Morgan fingerprint density at radius 3 is 2.38 bits per heavy atom. The minimum atomic E-state index is -4.53. The number of thioether (sulfide) groups is 1. The number of alkyl halides is 3. The van der Waals surface area contributed by atoms with Crippen molar-refractivity contribution in [1.29, 1.82) is 0 Å². The van der Waals surface area contributed by atoms with Crippen molar-refractivity contribution in [1.82, 2.24) is 10.3 Å². The maximum atomic E-state index is 12.9. The summed E-state index contributed by atoms with van der Waals surface area (Å²) in [6.45, 7) is 3.33. The van der Waals surface area contributed by atoms with Gasteiger partial charge in [0.05, 0.1) is 21.9 Å². The Bertz CT molecular complexity index is 783. The number of aromatic nitrogens is 1. The Kier molecular flexibility index (Phi) is 6.52. The number of pyridine rings is 1. The normalized spacial score (nSPS) is 14.0. The molecule has 0 saturated carbocycles. The van der Waals surface area contributed by atoms with E-state index in [0.717, 1.165) is 23.4 Å². The van der Waals surface area contributed by atoms with E-state index in [1.807, 2.05) is 0 Å². The van der Waals surface area contributed by atoms with Gasteiger partial charge in [-0.25, -0.2) is 9.37 Å². The van der Waals surface area contributed by atoms with Crippen LogP contribution in [-0.4, -0.2) is 16.1 Å². The minimum Gasteiger partial charge on any atom is -0.349 e. The third kappa shape index (κ3) is 5.35. The van der Waals surface area contributed by atoms with Crippen LogP contribution in [0.2, 0.25) is 5.02 Å². The van der Waals surface area contributed by atoms with Crippen LogP contribution >= 0.6 is 23.4 Å². The molecule has 0 aliphatic carbocycles. The second-order valence-corrected chi connectivity index (χ2v) is 7.29. The molecule has 1 aromatic carbocycles. The number of nitrogens with zero attached hydrogens (tertiary/aromatic N) is 1. The molecule has 1 heterocycles. The van der Waals surface area contributed by atoms with Gasteiger partial charge < -0.3 is 5.32 Å². The molecule has 0 radical (unpaired) electrons. The molecule has 0 bridgehead atoms. The summed E-state index contributed by atoms with van der Waals surface area (Å²) in [5, 5.41) is 2.08. The van der Waals surface area contributed by atoms with Crippen molar-refractivity contribution in [2.45, 2.75) is 36.3 Å². The van der Waals surface area contributed by atoms with E-state index < -0.39 is 17.0 Å². The molecule has 0 saturated heterocycles. The molecule has 0 fully saturated rings. The third-order valence-electron chi connectivity index (χ3n) is 3.52. The SMILES string of the molecule is C[C@H](Sc1ncc(C(F)(F)F)cc1Cl)C(=O)N[C@@H](C)c1ccc(F)cc1. The van der Waals surface area contributed by atoms with Crippen molar-refractivity contribution in [2.24, 2.45) is 0 Å². The van der Waals surface area contributed by atoms with Gasteiger partial charge in [-0.3, -0.25) is 4.79 Å². The molecular weight excluding hydrogens is 392 g/mol. The molecule has 0 aliphatic rings. The van der Waals surface area contributed by atoms with Crippen molar-refractivity contribution in [3.63, 3.8) is 0 Å². The topological polar surface area (TPSA) is 42.0 Å². The van der Waals surface area contributed by atoms with Gasteiger partial charge in [0, 0.05) is 6.20 Å². The number of hydrogen-bond donors (Lipinski definition) is 1. The standard InChI is InChI=1S/C17H15ClF4N2OS/c1-9(11-3-5-13(19)6-4-11)24-15(25)10(2)26-16-14(18)7-12(8-23-16)17(20,21)22/h3-10H,1-2H3,(H,24,25)/t9-,10-/m0/s1. The molecule has 0 aliphatic heterocycles. The summed E-state index contributed by atoms with van der Waals surface area (Å²) in [4.78, 5) is 16.0. The van der Waals surface area contributed by atoms with E-state index in [0.29, 0.717) is 6.20 Å². The van der Waals surface area contributed by atoms with Gasteiger partial charge in [0.25, 0.3) is 0 Å². The van der Waals surface area contributed by atoms with Crippen LogP contribution in [0.15, 0.2) is 41.6 Å². The molecule has 1 N–H and O–H groups in total. The second-order valence-electron chi connectivity index (χ2n) is 5.55. The molecule has 1 amide bonds. The lowest BCUT2D eigenvalue weighted by Gasteiger charge is -2.18. The first-order valence-electron chi connectivity index (χ1n) is 7.53. The highest BCUT2D eigenvalue weighted by Gasteiger charge is 2.32. The largest absolute Gasteiger partial charge is 0.417 e. The molecule has 9 heteroatoms. The number of carbonyl (C=O) groups is 1. The average molecular weight is 407 g/mol. The van der Waals surface area contributed by atoms with E-state index in [9.17, 15) is 22.4 Å². The fourth-order valence-electron chi connectivity index (χ4n) is 2.05. The molecule has 2 atom stereocenters. The fraction of sp³-hybridized carbons (Fsp3) is 0.294. The van der Waals surface area contributed by atoms with E-state index in [4.69, 9.17) is 11.6 Å². The van der Waals surface area contributed by atoms with Gasteiger partial charge in [-0.05, 0) is 37.6 Å². The van der Waals surface area contributed by atoms with Crippen molar-refractivity contribution in [3.8, 4) is 0 Å². The maximum Gasteiger partial charge on any atom is 0.417 e. The van der Waals surface area contributed by atoms with Crippen LogP contribution in [0.1, 0.15) is 31.0 Å². The first-order valence-corrected chi connectivity index (χ1v) is 8.79. The Hall–Kier alpha value is -1.80. The molecule has 0 spiro atoms. The van der Waals surface area contributed by atoms with Crippen molar-refractivity contribution >= 4 is 29.3 Å². The highest BCUT2D eigenvalue weighted by atomic mass is 35.5. The number of rotatable bonds is 5. The van der Waals surface area contributed by atoms with Gasteiger partial charge in [0.1, 0.15) is 10.8 Å². The summed E-state index contributed by atoms with van der Waals surface area (Å²) in [7, 11) is 0. The number of nitrogens with one attached hydrogen (secondary N) is 1. The Morgan fingerprint density at radius 1 is 1.23 bits per heavy atom. The summed E-state index contributed by atoms with van der Waals surface area (Å²) < 4.78 is 50.8. The predicted molar refractivity (Wildman–Crippen MR) is 92.5 cm³/mol. The van der Waals surface area contributed by atoms with Crippen LogP contribution in [0.3, 0.4) is 0 Å². The summed E-state index contributed by atoms with van der Waals surface area (Å²) >= 11 is 6.80. The van der Waals surface area contributed by atoms with Crippen LogP contribution < -0.4 is 5.32 Å². The zero-order valence-electron chi connectivity index (χ0n) is 13.8. The van der Waals surface area contributed by atoms with Crippen molar-refractivity contribution in [3.05, 3.63) is 58.5 Å². The van der Waals surface area contributed by atoms with E-state index in [1.165, 1.54) is 12.1 Å². The first-order chi connectivity index (χ1) is 12.1. The van der Waals surface area contributed by atoms with Crippen LogP contribution in [-0.2, 0) is 11.0 Å². The monoisotopic (exact) mass is 406 g/mol. The summed E-state index contributed by atoms with van der Waals surface area (Å²) in [5.41, 5.74) is -0.225. The number of halogens is 5. The van der Waals surface area contributed by atoms with Gasteiger partial charge >= 0.3 is 6.18 Å². The molecule has 3 nitrogen and oxygen atoms in total. The molecular formula is C17H15ClF4N2OS. The van der Waals surface area contributed by atoms with Crippen LogP contribution in [0.5, 0.6) is 0 Å². The summed E-state index contributed by atoms with van der Waals surface area (Å²) in [5.74, 6) is -0.719. The summed E-state index contributed by atoms with van der Waals surface area (Å²) in [6, 6.07) is 6.13.